The first-order chi connectivity index (χ1) is 4.54. The Hall–Kier alpha value is 0.584. The first-order valence-electron chi connectivity index (χ1n) is 3.75. The second kappa shape index (κ2) is 9.67. The fraction of sp³-hybridized carbons (Fsp3) is 0.636. The third-order valence-electron chi connectivity index (χ3n) is 1.25. The zero-order valence-electron chi connectivity index (χ0n) is 7.89. The number of allylic oxidation sites excluding steroid dienone is 3. The van der Waals surface area contributed by atoms with Crippen LogP contribution in [-0.4, -0.2) is 0 Å². The predicted molar refractivity (Wildman–Crippen MR) is 52.0 cm³/mol. The van der Waals surface area contributed by atoms with Gasteiger partial charge in [0.05, 0.1) is 0 Å². The molecule has 1 heteroatoms. The molecule has 0 aromatic carbocycles. The zero-order valence-corrected chi connectivity index (χ0v) is 10.7. The van der Waals surface area contributed by atoms with Gasteiger partial charge in [0.1, 0.15) is 0 Å². The molecule has 12 heavy (non-hydrogen) atoms. The van der Waals surface area contributed by atoms with Gasteiger partial charge in [-0.15, -0.1) is 11.8 Å². The van der Waals surface area contributed by atoms with E-state index in [0.717, 1.165) is 5.57 Å². The van der Waals surface area contributed by atoms with Crippen molar-refractivity contribution in [1.29, 1.82) is 0 Å². The molecule has 0 saturated heterocycles. The molecule has 0 aliphatic heterocycles. The van der Waals surface area contributed by atoms with Crippen molar-refractivity contribution in [3.05, 3.63) is 24.3 Å². The van der Waals surface area contributed by atoms with E-state index >= 15 is 0 Å². The van der Waals surface area contributed by atoms with Gasteiger partial charge in [-0.05, 0) is 0 Å². The maximum Gasteiger partial charge on any atom is 0 e. The fourth-order valence-corrected chi connectivity index (χ4v) is 0.430. The Bertz CT molecular complexity index is 132. The summed E-state index contributed by atoms with van der Waals surface area (Å²) in [5, 5.41) is 0. The van der Waals surface area contributed by atoms with Gasteiger partial charge in [-0.2, -0.15) is 0 Å². The molecule has 0 bridgehead atoms. The van der Waals surface area contributed by atoms with Crippen LogP contribution in [0.4, 0.5) is 0 Å². The van der Waals surface area contributed by atoms with Crippen molar-refractivity contribution < 1.29 is 32.7 Å². The minimum absolute atomic E-state index is 0. The van der Waals surface area contributed by atoms with Gasteiger partial charge < -0.3 is 24.3 Å². The van der Waals surface area contributed by atoms with Gasteiger partial charge >= 0.3 is 0 Å². The van der Waals surface area contributed by atoms with E-state index in [1.807, 2.05) is 6.08 Å². The van der Waals surface area contributed by atoms with Gasteiger partial charge in [0.2, 0.25) is 0 Å². The molecule has 1 radical (unpaired) electrons. The molecule has 0 aliphatic rings. The molecule has 0 aromatic heterocycles. The molecular formula is C11H20Y-2. The van der Waals surface area contributed by atoms with Crippen molar-refractivity contribution in [3.8, 4) is 0 Å². The van der Waals surface area contributed by atoms with E-state index in [9.17, 15) is 0 Å². The Labute approximate surface area is 103 Å². The monoisotopic (exact) mass is 241 g/mol. The molecule has 0 rings (SSSR count). The molecule has 0 saturated carbocycles. The Morgan fingerprint density at radius 2 is 1.67 bits per heavy atom. The second-order valence-electron chi connectivity index (χ2n) is 3.12. The summed E-state index contributed by atoms with van der Waals surface area (Å²) in [7, 11) is 0. The van der Waals surface area contributed by atoms with Crippen molar-refractivity contribution in [3.63, 3.8) is 0 Å². The molecule has 69 valence electrons. The maximum atomic E-state index is 5.66. The fourth-order valence-electron chi connectivity index (χ4n) is 0.430. The van der Waals surface area contributed by atoms with Crippen LogP contribution >= 0.6 is 0 Å². The van der Waals surface area contributed by atoms with Crippen LogP contribution in [0.1, 0.15) is 35.1 Å². The third kappa shape index (κ3) is 10.6. The molecular weight excluding hydrogens is 221 g/mol. The van der Waals surface area contributed by atoms with Crippen molar-refractivity contribution >= 4 is 0 Å². The van der Waals surface area contributed by atoms with Crippen LogP contribution in [0.25, 0.3) is 0 Å². The van der Waals surface area contributed by atoms with Crippen LogP contribution in [0, 0.1) is 24.5 Å². The number of hydrogen-bond donors (Lipinski definition) is 0. The summed E-state index contributed by atoms with van der Waals surface area (Å²) in [6.07, 6.45) is 5.02. The average molecular weight is 241 g/mol. The van der Waals surface area contributed by atoms with Crippen LogP contribution in [0.3, 0.4) is 0 Å². The van der Waals surface area contributed by atoms with Gasteiger partial charge in [-0.1, -0.05) is 35.1 Å². The van der Waals surface area contributed by atoms with Gasteiger partial charge in [0.25, 0.3) is 0 Å². The third-order valence-corrected chi connectivity index (χ3v) is 1.25. The molecule has 0 N–H and O–H groups in total. The van der Waals surface area contributed by atoms with Crippen molar-refractivity contribution in [2.24, 2.45) is 11.8 Å². The Kier molecular flexibility index (Phi) is 14.8. The molecule has 0 heterocycles. The largest absolute Gasteiger partial charge is 0.390 e. The molecule has 0 atom stereocenters. The Morgan fingerprint density at radius 3 is 1.92 bits per heavy atom. The van der Waals surface area contributed by atoms with Gasteiger partial charge in [0, 0.05) is 32.7 Å². The van der Waals surface area contributed by atoms with Crippen molar-refractivity contribution in [2.75, 3.05) is 0 Å². The summed E-state index contributed by atoms with van der Waals surface area (Å²) in [5.74, 6) is 0.906. The zero-order chi connectivity index (χ0) is 8.15. The van der Waals surface area contributed by atoms with E-state index in [1.165, 1.54) is 0 Å². The van der Waals surface area contributed by atoms with E-state index in [-0.39, 0.29) is 40.1 Å². The predicted octanol–water partition coefficient (Wildman–Crippen LogP) is 3.65. The first-order valence-corrected chi connectivity index (χ1v) is 3.75. The topological polar surface area (TPSA) is 0 Å². The van der Waals surface area contributed by atoms with E-state index < -0.39 is 0 Å². The standard InChI is InChI=1S/C10H16.CH4.Y/c1-8(2)6-7-10(5)9(3)4;;/h5,7-9H,1-4H3;1H4;/q-2;;. The van der Waals surface area contributed by atoms with Crippen LogP contribution in [0.2, 0.25) is 0 Å². The van der Waals surface area contributed by atoms with Crippen LogP contribution in [-0.2, 0) is 32.7 Å². The minimum Gasteiger partial charge on any atom is -0.390 e. The summed E-state index contributed by atoms with van der Waals surface area (Å²) in [5.41, 5.74) is 0.911. The van der Waals surface area contributed by atoms with Crippen molar-refractivity contribution in [2.45, 2.75) is 35.1 Å². The van der Waals surface area contributed by atoms with Gasteiger partial charge in [-0.25, -0.2) is 0 Å². The van der Waals surface area contributed by atoms with Crippen LogP contribution in [0.5, 0.6) is 0 Å². The molecule has 0 amide bonds. The van der Waals surface area contributed by atoms with Crippen LogP contribution < -0.4 is 0 Å². The first kappa shape index (κ1) is 18.4. The molecule has 0 fully saturated rings. The Balaban J connectivity index is -0.000000405. The maximum absolute atomic E-state index is 5.66. The Morgan fingerprint density at radius 1 is 1.25 bits per heavy atom. The van der Waals surface area contributed by atoms with E-state index in [4.69, 9.17) is 6.58 Å². The molecule has 0 aliphatic carbocycles. The van der Waals surface area contributed by atoms with E-state index in [0.29, 0.717) is 11.8 Å². The summed E-state index contributed by atoms with van der Waals surface area (Å²) < 4.78 is 0. The van der Waals surface area contributed by atoms with Gasteiger partial charge in [-0.3, -0.25) is 0 Å². The summed E-state index contributed by atoms with van der Waals surface area (Å²) >= 11 is 0. The molecule has 0 unspecified atom stereocenters. The van der Waals surface area contributed by atoms with Gasteiger partial charge in [0.15, 0.2) is 0 Å². The summed E-state index contributed by atoms with van der Waals surface area (Å²) in [4.78, 5) is 0. The minimum atomic E-state index is 0. The number of hydrogen-bond acceptors (Lipinski definition) is 0. The van der Waals surface area contributed by atoms with Crippen molar-refractivity contribution in [1.82, 2.24) is 0 Å². The normalized spacial score (nSPS) is 9.83. The molecule has 0 aromatic rings. The second-order valence-corrected chi connectivity index (χ2v) is 3.12. The molecule has 0 spiro atoms. The SMILES string of the molecule is C.[CH-]=C(C=[C-]C(C)C)C(C)C.[Y]. The van der Waals surface area contributed by atoms with E-state index in [2.05, 4.69) is 33.8 Å². The molecule has 0 nitrogen and oxygen atoms in total. The smallest absolute Gasteiger partial charge is 0 e. The average Bonchev–Trinajstić information content (AvgIpc) is 1.82. The summed E-state index contributed by atoms with van der Waals surface area (Å²) in [6, 6.07) is 0. The number of rotatable bonds is 3. The summed E-state index contributed by atoms with van der Waals surface area (Å²) in [6.45, 7) is 14.0. The quantitative estimate of drug-likeness (QED) is 0.522. The van der Waals surface area contributed by atoms with Crippen LogP contribution in [0.15, 0.2) is 11.6 Å². The van der Waals surface area contributed by atoms with E-state index in [1.54, 1.807) is 0 Å².